The summed E-state index contributed by atoms with van der Waals surface area (Å²) in [6, 6.07) is 34.8. The highest BCUT2D eigenvalue weighted by molar-refractivity contribution is 6.24. The van der Waals surface area contributed by atoms with Gasteiger partial charge in [-0.2, -0.15) is 5.10 Å². The Morgan fingerprint density at radius 1 is 0.705 bits per heavy atom. The summed E-state index contributed by atoms with van der Waals surface area (Å²) in [5.41, 5.74) is 9.89. The topological polar surface area (TPSA) is 95.8 Å². The third-order valence-electron chi connectivity index (χ3n) is 12.0. The van der Waals surface area contributed by atoms with E-state index < -0.39 is 5.97 Å². The molecule has 316 valence electrons. The van der Waals surface area contributed by atoms with Crippen LogP contribution in [0.15, 0.2) is 119 Å². The van der Waals surface area contributed by atoms with Gasteiger partial charge in [0.05, 0.1) is 31.6 Å². The first-order chi connectivity index (χ1) is 29.9. The first kappa shape index (κ1) is 43.4. The van der Waals surface area contributed by atoms with Crippen molar-refractivity contribution in [2.75, 3.05) is 26.4 Å². The first-order valence-electron chi connectivity index (χ1n) is 22.0. The molecule has 0 radical (unpaired) electrons. The number of rotatable bonds is 22. The molecule has 0 spiro atoms. The van der Waals surface area contributed by atoms with Gasteiger partial charge in [-0.25, -0.2) is 4.79 Å². The van der Waals surface area contributed by atoms with E-state index in [0.717, 1.165) is 96.6 Å². The third-order valence-corrected chi connectivity index (χ3v) is 12.0. The minimum Gasteiger partial charge on any atom is -0.493 e. The molecule has 0 unspecified atom stereocenters. The molecule has 0 heterocycles. The van der Waals surface area contributed by atoms with E-state index >= 15 is 0 Å². The van der Waals surface area contributed by atoms with Crippen LogP contribution in [-0.2, 0) is 22.5 Å². The summed E-state index contributed by atoms with van der Waals surface area (Å²) in [5.74, 6) is 0.488. The number of carbonyl (C=O) groups excluding carboxylic acids is 2. The Bertz CT molecular complexity index is 2290. The van der Waals surface area contributed by atoms with Crippen molar-refractivity contribution in [3.05, 3.63) is 154 Å². The van der Waals surface area contributed by atoms with Crippen LogP contribution in [0.1, 0.15) is 126 Å². The van der Waals surface area contributed by atoms with Crippen LogP contribution >= 0.6 is 0 Å². The van der Waals surface area contributed by atoms with Gasteiger partial charge in [0.15, 0.2) is 5.78 Å². The SMILES string of the molecule is CCCc1ccc(C(=O)COCc2ccc(OC(=O)c3ccc(OCCCCCCOCC4(CC)CCC4)c(C)c3)c(/C=N/N=C3c4ccccc4-c4ccccc43)c2)cc1. The molecule has 0 bridgehead atoms. The molecular formula is C53H58N2O6. The van der Waals surface area contributed by atoms with Gasteiger partial charge in [-0.15, -0.1) is 5.10 Å². The molecule has 61 heavy (non-hydrogen) atoms. The largest absolute Gasteiger partial charge is 0.493 e. The minimum absolute atomic E-state index is 0.0616. The van der Waals surface area contributed by atoms with Crippen LogP contribution in [0.2, 0.25) is 0 Å². The van der Waals surface area contributed by atoms with Gasteiger partial charge < -0.3 is 18.9 Å². The predicted octanol–water partition coefficient (Wildman–Crippen LogP) is 12.0. The van der Waals surface area contributed by atoms with Crippen LogP contribution in [0.25, 0.3) is 11.1 Å². The van der Waals surface area contributed by atoms with Crippen LogP contribution in [0.4, 0.5) is 0 Å². The van der Waals surface area contributed by atoms with E-state index in [1.165, 1.54) is 31.2 Å². The maximum Gasteiger partial charge on any atom is 0.343 e. The Kier molecular flexibility index (Phi) is 15.1. The van der Waals surface area contributed by atoms with Crippen molar-refractivity contribution in [3.8, 4) is 22.6 Å². The molecule has 5 aromatic carbocycles. The molecule has 1 fully saturated rings. The number of hydrogen-bond donors (Lipinski definition) is 0. The zero-order chi connectivity index (χ0) is 42.4. The van der Waals surface area contributed by atoms with E-state index in [0.29, 0.717) is 34.5 Å². The predicted molar refractivity (Wildman–Crippen MR) is 243 cm³/mol. The molecule has 1 saturated carbocycles. The minimum atomic E-state index is -0.502. The van der Waals surface area contributed by atoms with Gasteiger partial charge in [0.2, 0.25) is 0 Å². The average molecular weight is 819 g/mol. The highest BCUT2D eigenvalue weighted by Crippen LogP contribution is 2.44. The van der Waals surface area contributed by atoms with Gasteiger partial charge in [0.25, 0.3) is 0 Å². The molecule has 2 aliphatic carbocycles. The number of aryl methyl sites for hydroxylation is 2. The van der Waals surface area contributed by atoms with Gasteiger partial charge in [0.1, 0.15) is 23.8 Å². The Morgan fingerprint density at radius 2 is 1.36 bits per heavy atom. The van der Waals surface area contributed by atoms with Crippen LogP contribution in [0.5, 0.6) is 11.5 Å². The lowest BCUT2D eigenvalue weighted by Gasteiger charge is -2.40. The molecule has 5 aromatic rings. The van der Waals surface area contributed by atoms with Crippen LogP contribution in [0.3, 0.4) is 0 Å². The lowest BCUT2D eigenvalue weighted by atomic mass is 9.68. The molecule has 8 heteroatoms. The van der Waals surface area contributed by atoms with Crippen molar-refractivity contribution >= 4 is 23.7 Å². The number of fused-ring (bicyclic) bond motifs is 3. The number of esters is 1. The molecule has 7 rings (SSSR count). The van der Waals surface area contributed by atoms with Gasteiger partial charge in [-0.3, -0.25) is 4.79 Å². The quantitative estimate of drug-likeness (QED) is 0.0169. The van der Waals surface area contributed by atoms with Crippen molar-refractivity contribution in [1.82, 2.24) is 0 Å². The normalized spacial score (nSPS) is 13.7. The zero-order valence-electron chi connectivity index (χ0n) is 35.9. The van der Waals surface area contributed by atoms with Crippen molar-refractivity contribution in [2.45, 2.75) is 91.6 Å². The number of ketones is 1. The molecule has 2 aliphatic rings. The third kappa shape index (κ3) is 11.2. The number of unbranched alkanes of at least 4 members (excludes halogenated alkanes) is 3. The lowest BCUT2D eigenvalue weighted by Crippen LogP contribution is -2.33. The molecule has 0 aromatic heterocycles. The zero-order valence-corrected chi connectivity index (χ0v) is 35.9. The van der Waals surface area contributed by atoms with Crippen molar-refractivity contribution in [3.63, 3.8) is 0 Å². The lowest BCUT2D eigenvalue weighted by molar-refractivity contribution is -0.01000. The Hall–Kier alpha value is -5.70. The highest BCUT2D eigenvalue weighted by Gasteiger charge is 2.35. The fraction of sp³-hybridized carbons (Fsp3) is 0.358. The summed E-state index contributed by atoms with van der Waals surface area (Å²) < 4.78 is 24.0. The Labute approximate surface area is 361 Å². The van der Waals surface area contributed by atoms with Crippen LogP contribution in [-0.4, -0.2) is 50.1 Å². The van der Waals surface area contributed by atoms with Crippen LogP contribution < -0.4 is 9.47 Å². The van der Waals surface area contributed by atoms with Crippen molar-refractivity contribution in [2.24, 2.45) is 15.6 Å². The summed E-state index contributed by atoms with van der Waals surface area (Å²) in [7, 11) is 0. The maximum atomic E-state index is 13.6. The standard InChI is InChI=1S/C53H58N2O6/c1-4-15-39-20-23-41(24-21-39)48(56)36-59-35-40-22-26-50(43(33-40)34-54-55-51-46-18-10-8-16-44(46)45-17-9-11-19-47(45)51)61-52(57)42-25-27-49(38(3)32-42)60-31-13-7-6-12-30-58-37-53(5-2)28-14-29-53/h8-11,16-27,32-34H,4-7,12-15,28-31,35-37H2,1-3H3/b54-34+. The average Bonchev–Trinajstić information content (AvgIpc) is 3.58. The summed E-state index contributed by atoms with van der Waals surface area (Å²) in [4.78, 5) is 26.5. The Balaban J connectivity index is 0.980. The van der Waals surface area contributed by atoms with Gasteiger partial charge in [-0.1, -0.05) is 112 Å². The smallest absolute Gasteiger partial charge is 0.343 e. The van der Waals surface area contributed by atoms with Gasteiger partial charge >= 0.3 is 5.97 Å². The molecular weight excluding hydrogens is 761 g/mol. The summed E-state index contributed by atoms with van der Waals surface area (Å²) in [6.07, 6.45) is 13.1. The maximum absolute atomic E-state index is 13.6. The fourth-order valence-electron chi connectivity index (χ4n) is 8.13. The molecule has 0 aliphatic heterocycles. The van der Waals surface area contributed by atoms with Crippen LogP contribution in [0, 0.1) is 12.3 Å². The second-order valence-corrected chi connectivity index (χ2v) is 16.4. The second kappa shape index (κ2) is 21.2. The second-order valence-electron chi connectivity index (χ2n) is 16.4. The molecule has 0 N–H and O–H groups in total. The highest BCUT2D eigenvalue weighted by atomic mass is 16.5. The molecule has 8 nitrogen and oxygen atoms in total. The number of nitrogens with zero attached hydrogens (tertiary/aromatic N) is 2. The number of Topliss-reactive ketones (excluding diaryl/α,β-unsaturated/α-hetero) is 1. The monoisotopic (exact) mass is 818 g/mol. The number of benzene rings is 5. The number of hydrogen-bond acceptors (Lipinski definition) is 8. The fourth-order valence-corrected chi connectivity index (χ4v) is 8.13. The van der Waals surface area contributed by atoms with E-state index in [9.17, 15) is 9.59 Å². The molecule has 0 saturated heterocycles. The van der Waals surface area contributed by atoms with Gasteiger partial charge in [0, 0.05) is 28.9 Å². The first-order valence-corrected chi connectivity index (χ1v) is 22.0. The summed E-state index contributed by atoms with van der Waals surface area (Å²) in [5, 5.41) is 9.21. The number of ether oxygens (including phenoxy) is 4. The summed E-state index contributed by atoms with van der Waals surface area (Å²) in [6.45, 7) is 8.83. The summed E-state index contributed by atoms with van der Waals surface area (Å²) >= 11 is 0. The van der Waals surface area contributed by atoms with Gasteiger partial charge in [-0.05, 0) is 115 Å². The van der Waals surface area contributed by atoms with E-state index in [-0.39, 0.29) is 19.0 Å². The van der Waals surface area contributed by atoms with Crippen molar-refractivity contribution in [1.29, 1.82) is 0 Å². The molecule has 0 atom stereocenters. The Morgan fingerprint density at radius 3 is 2.02 bits per heavy atom. The van der Waals surface area contributed by atoms with Crippen molar-refractivity contribution < 1.29 is 28.5 Å². The van der Waals surface area contributed by atoms with E-state index in [4.69, 9.17) is 18.9 Å². The van der Waals surface area contributed by atoms with E-state index in [2.05, 4.69) is 36.2 Å². The van der Waals surface area contributed by atoms with E-state index in [1.54, 1.807) is 24.4 Å². The van der Waals surface area contributed by atoms with E-state index in [1.807, 2.05) is 85.8 Å². The molecule has 0 amide bonds. The number of carbonyl (C=O) groups is 2.